The van der Waals surface area contributed by atoms with E-state index >= 15 is 0 Å². The molecular weight excluding hydrogens is 222 g/mol. The fraction of sp³-hybridized carbons (Fsp3) is 0.417. The molecule has 2 rings (SSSR count). The molecular formula is C12H14BFO3. The molecule has 5 heteroatoms. The zero-order chi connectivity index (χ0) is 12.5. The lowest BCUT2D eigenvalue weighted by molar-refractivity contribution is 0.0343. The van der Waals surface area contributed by atoms with Crippen LogP contribution in [0.25, 0.3) is 0 Å². The fourth-order valence-electron chi connectivity index (χ4n) is 1.72. The Morgan fingerprint density at radius 2 is 1.94 bits per heavy atom. The highest BCUT2D eigenvalue weighted by Gasteiger charge is 2.33. The van der Waals surface area contributed by atoms with Crippen LogP contribution in [0.1, 0.15) is 24.2 Å². The predicted molar refractivity (Wildman–Crippen MR) is 62.9 cm³/mol. The Labute approximate surface area is 100 Å². The summed E-state index contributed by atoms with van der Waals surface area (Å²) in [4.78, 5) is 10.6. The molecule has 0 atom stereocenters. The maximum absolute atomic E-state index is 13.3. The average Bonchev–Trinajstić information content (AvgIpc) is 2.28. The summed E-state index contributed by atoms with van der Waals surface area (Å²) in [6, 6.07) is 4.10. The van der Waals surface area contributed by atoms with Crippen LogP contribution in [-0.2, 0) is 9.31 Å². The number of halogens is 1. The lowest BCUT2D eigenvalue weighted by Crippen LogP contribution is -2.47. The van der Waals surface area contributed by atoms with E-state index in [-0.39, 0.29) is 11.0 Å². The van der Waals surface area contributed by atoms with E-state index in [0.29, 0.717) is 25.0 Å². The van der Waals surface area contributed by atoms with Crippen molar-refractivity contribution < 1.29 is 18.5 Å². The van der Waals surface area contributed by atoms with Gasteiger partial charge in [-0.25, -0.2) is 4.39 Å². The highest BCUT2D eigenvalue weighted by molar-refractivity contribution is 6.61. The summed E-state index contributed by atoms with van der Waals surface area (Å²) >= 11 is 0. The summed E-state index contributed by atoms with van der Waals surface area (Å²) in [6.07, 6.45) is 0.610. The Hall–Kier alpha value is -1.20. The Balaban J connectivity index is 2.18. The molecule has 1 aliphatic rings. The zero-order valence-corrected chi connectivity index (χ0v) is 9.90. The number of aldehydes is 1. The molecule has 0 amide bonds. The minimum atomic E-state index is -0.586. The summed E-state index contributed by atoms with van der Waals surface area (Å²) < 4.78 is 24.3. The van der Waals surface area contributed by atoms with Gasteiger partial charge in [-0.3, -0.25) is 4.79 Å². The van der Waals surface area contributed by atoms with Crippen molar-refractivity contribution in [3.8, 4) is 0 Å². The molecule has 17 heavy (non-hydrogen) atoms. The van der Waals surface area contributed by atoms with E-state index in [1.165, 1.54) is 12.1 Å². The van der Waals surface area contributed by atoms with Crippen LogP contribution in [0.15, 0.2) is 18.2 Å². The van der Waals surface area contributed by atoms with Gasteiger partial charge in [0.2, 0.25) is 0 Å². The first-order chi connectivity index (χ1) is 8.00. The van der Waals surface area contributed by atoms with Gasteiger partial charge < -0.3 is 9.31 Å². The van der Waals surface area contributed by atoms with Gasteiger partial charge in [-0.05, 0) is 17.6 Å². The molecule has 0 radical (unpaired) electrons. The maximum atomic E-state index is 13.3. The van der Waals surface area contributed by atoms with E-state index in [9.17, 15) is 9.18 Å². The zero-order valence-electron chi connectivity index (χ0n) is 9.90. The van der Waals surface area contributed by atoms with E-state index in [1.54, 1.807) is 6.07 Å². The normalized spacial score (nSPS) is 19.1. The third kappa shape index (κ3) is 2.93. The first-order valence-electron chi connectivity index (χ1n) is 5.49. The molecule has 0 saturated carbocycles. The van der Waals surface area contributed by atoms with Crippen molar-refractivity contribution >= 4 is 18.9 Å². The number of carbonyl (C=O) groups excluding carboxylic acids is 1. The van der Waals surface area contributed by atoms with Crippen LogP contribution in [0.5, 0.6) is 0 Å². The third-order valence-electron chi connectivity index (χ3n) is 2.60. The SMILES string of the molecule is CC1(C)COB(c2cc(F)cc(C=O)c2)OC1. The van der Waals surface area contributed by atoms with Gasteiger partial charge in [-0.1, -0.05) is 19.9 Å². The van der Waals surface area contributed by atoms with Crippen LogP contribution in [-0.4, -0.2) is 26.6 Å². The van der Waals surface area contributed by atoms with Crippen LogP contribution >= 0.6 is 0 Å². The van der Waals surface area contributed by atoms with Gasteiger partial charge in [0.15, 0.2) is 0 Å². The van der Waals surface area contributed by atoms with Crippen molar-refractivity contribution in [2.45, 2.75) is 13.8 Å². The van der Waals surface area contributed by atoms with E-state index in [4.69, 9.17) is 9.31 Å². The molecule has 0 unspecified atom stereocenters. The summed E-state index contributed by atoms with van der Waals surface area (Å²) in [6.45, 7) is 5.16. The van der Waals surface area contributed by atoms with Gasteiger partial charge >= 0.3 is 7.12 Å². The molecule has 0 aliphatic carbocycles. The van der Waals surface area contributed by atoms with Crippen LogP contribution in [0.3, 0.4) is 0 Å². The Bertz CT molecular complexity index is 424. The van der Waals surface area contributed by atoms with Gasteiger partial charge in [0.25, 0.3) is 0 Å². The van der Waals surface area contributed by atoms with Crippen LogP contribution in [0.4, 0.5) is 4.39 Å². The van der Waals surface area contributed by atoms with Gasteiger partial charge in [-0.2, -0.15) is 0 Å². The van der Waals surface area contributed by atoms with E-state index in [0.717, 1.165) is 0 Å². The second-order valence-corrected chi connectivity index (χ2v) is 5.05. The monoisotopic (exact) mass is 236 g/mol. The van der Waals surface area contributed by atoms with Crippen LogP contribution in [0.2, 0.25) is 0 Å². The number of carbonyl (C=O) groups is 1. The highest BCUT2D eigenvalue weighted by atomic mass is 19.1. The summed E-state index contributed by atoms with van der Waals surface area (Å²) in [5, 5.41) is 0. The second kappa shape index (κ2) is 4.59. The molecule has 1 aromatic rings. The molecule has 90 valence electrons. The molecule has 0 N–H and O–H groups in total. The van der Waals surface area contributed by atoms with Crippen molar-refractivity contribution in [2.75, 3.05) is 13.2 Å². The van der Waals surface area contributed by atoms with Gasteiger partial charge in [0.05, 0.1) is 0 Å². The van der Waals surface area contributed by atoms with Gasteiger partial charge in [-0.15, -0.1) is 0 Å². The fourth-order valence-corrected chi connectivity index (χ4v) is 1.72. The van der Waals surface area contributed by atoms with Crippen molar-refractivity contribution in [3.05, 3.63) is 29.6 Å². The second-order valence-electron chi connectivity index (χ2n) is 5.05. The molecule has 1 fully saturated rings. The lowest BCUT2D eigenvalue weighted by Gasteiger charge is -2.33. The van der Waals surface area contributed by atoms with Crippen molar-refractivity contribution in [1.82, 2.24) is 0 Å². The van der Waals surface area contributed by atoms with Gasteiger partial charge in [0, 0.05) is 24.2 Å². The lowest BCUT2D eigenvalue weighted by atomic mass is 9.75. The van der Waals surface area contributed by atoms with E-state index in [2.05, 4.69) is 0 Å². The van der Waals surface area contributed by atoms with Crippen molar-refractivity contribution in [2.24, 2.45) is 5.41 Å². The molecule has 3 nitrogen and oxygen atoms in total. The summed E-state index contributed by atoms with van der Waals surface area (Å²) in [5.41, 5.74) is 0.803. The Kier molecular flexibility index (Phi) is 3.31. The number of rotatable bonds is 2. The van der Waals surface area contributed by atoms with Gasteiger partial charge in [0.1, 0.15) is 12.1 Å². The third-order valence-corrected chi connectivity index (χ3v) is 2.60. The molecule has 0 aromatic heterocycles. The minimum Gasteiger partial charge on any atom is -0.407 e. The molecule has 1 saturated heterocycles. The number of benzene rings is 1. The van der Waals surface area contributed by atoms with Crippen LogP contribution < -0.4 is 5.46 Å². The predicted octanol–water partition coefficient (Wildman–Crippen LogP) is 1.41. The largest absolute Gasteiger partial charge is 0.494 e. The topological polar surface area (TPSA) is 35.5 Å². The quantitative estimate of drug-likeness (QED) is 0.575. The standard InChI is InChI=1S/C12H14BFO3/c1-12(2)7-16-13(17-8-12)10-3-9(6-15)4-11(14)5-10/h3-6H,7-8H2,1-2H3. The van der Waals surface area contributed by atoms with Crippen LogP contribution in [0, 0.1) is 11.2 Å². The van der Waals surface area contributed by atoms with E-state index < -0.39 is 12.9 Å². The Morgan fingerprint density at radius 1 is 1.29 bits per heavy atom. The molecule has 1 heterocycles. The minimum absolute atomic E-state index is 0.0304. The first-order valence-corrected chi connectivity index (χ1v) is 5.49. The van der Waals surface area contributed by atoms with E-state index in [1.807, 2.05) is 13.8 Å². The number of hydrogen-bond acceptors (Lipinski definition) is 3. The highest BCUT2D eigenvalue weighted by Crippen LogP contribution is 2.21. The molecule has 1 aliphatic heterocycles. The first kappa shape index (κ1) is 12.3. The van der Waals surface area contributed by atoms with Crippen molar-refractivity contribution in [3.63, 3.8) is 0 Å². The average molecular weight is 236 g/mol. The molecule has 0 spiro atoms. The molecule has 0 bridgehead atoms. The summed E-state index contributed by atoms with van der Waals surface area (Å²) in [5.74, 6) is -0.457. The maximum Gasteiger partial charge on any atom is 0.494 e. The van der Waals surface area contributed by atoms with Crippen molar-refractivity contribution in [1.29, 1.82) is 0 Å². The smallest absolute Gasteiger partial charge is 0.407 e. The molecule has 1 aromatic carbocycles. The summed E-state index contributed by atoms with van der Waals surface area (Å²) in [7, 11) is -0.586. The number of hydrogen-bond donors (Lipinski definition) is 0. The Morgan fingerprint density at radius 3 is 2.53 bits per heavy atom.